The molecule has 0 aromatic carbocycles. The third-order valence-electron chi connectivity index (χ3n) is 3.99. The zero-order chi connectivity index (χ0) is 13.3. The molecule has 2 aliphatic rings. The average Bonchev–Trinajstić information content (AvgIpc) is 2.91. The van der Waals surface area contributed by atoms with Crippen LogP contribution in [0.2, 0.25) is 0 Å². The van der Waals surface area contributed by atoms with Gasteiger partial charge in [-0.2, -0.15) is 0 Å². The van der Waals surface area contributed by atoms with Gasteiger partial charge in [-0.1, -0.05) is 12.8 Å². The smallest absolute Gasteiger partial charge is 0.246 e. The number of hydrogen-bond acceptors (Lipinski definition) is 4. The van der Waals surface area contributed by atoms with Crippen LogP contribution in [0, 0.1) is 0 Å². The Labute approximate surface area is 111 Å². The van der Waals surface area contributed by atoms with Crippen LogP contribution in [0.3, 0.4) is 0 Å². The van der Waals surface area contributed by atoms with Crippen LogP contribution < -0.4 is 5.32 Å². The van der Waals surface area contributed by atoms with Gasteiger partial charge >= 0.3 is 0 Å². The molecule has 1 aromatic rings. The average molecular weight is 260 g/mol. The van der Waals surface area contributed by atoms with Crippen LogP contribution in [0.1, 0.15) is 31.5 Å². The molecule has 0 unspecified atom stereocenters. The minimum Gasteiger partial charge on any atom is -0.345 e. The zero-order valence-electron chi connectivity index (χ0n) is 10.6. The first-order valence-corrected chi connectivity index (χ1v) is 6.57. The number of aromatic nitrogens is 2. The molecule has 1 spiro atoms. The van der Waals surface area contributed by atoms with Crippen LogP contribution in [0.15, 0.2) is 18.5 Å². The van der Waals surface area contributed by atoms with E-state index in [1.54, 1.807) is 23.4 Å². The van der Waals surface area contributed by atoms with Gasteiger partial charge in [0.2, 0.25) is 11.8 Å². The van der Waals surface area contributed by atoms with Crippen molar-refractivity contribution in [2.24, 2.45) is 0 Å². The van der Waals surface area contributed by atoms with Crippen LogP contribution in [-0.4, -0.2) is 38.8 Å². The van der Waals surface area contributed by atoms with Crippen LogP contribution in [0.4, 0.5) is 0 Å². The fourth-order valence-electron chi connectivity index (χ4n) is 3.03. The lowest BCUT2D eigenvalue weighted by atomic mass is 9.91. The summed E-state index contributed by atoms with van der Waals surface area (Å²) >= 11 is 0. The molecule has 3 rings (SSSR count). The summed E-state index contributed by atoms with van der Waals surface area (Å²) in [6, 6.07) is 1.74. The number of nitrogens with zero attached hydrogens (tertiary/aromatic N) is 3. The quantitative estimate of drug-likeness (QED) is 0.827. The molecular weight excluding hydrogens is 244 g/mol. The van der Waals surface area contributed by atoms with Crippen molar-refractivity contribution in [2.45, 2.75) is 37.8 Å². The molecule has 1 aliphatic heterocycles. The minimum absolute atomic E-state index is 0.0273. The Bertz CT molecular complexity index is 497. The van der Waals surface area contributed by atoms with Crippen molar-refractivity contribution in [1.29, 1.82) is 0 Å². The van der Waals surface area contributed by atoms with E-state index in [0.717, 1.165) is 25.7 Å². The molecule has 6 heteroatoms. The van der Waals surface area contributed by atoms with E-state index in [-0.39, 0.29) is 18.4 Å². The summed E-state index contributed by atoms with van der Waals surface area (Å²) in [5.74, 6) is 0.506. The summed E-state index contributed by atoms with van der Waals surface area (Å²) < 4.78 is 0. The first-order chi connectivity index (χ1) is 9.22. The molecule has 0 radical (unpaired) electrons. The van der Waals surface area contributed by atoms with Gasteiger partial charge in [-0.3, -0.25) is 9.59 Å². The number of amides is 2. The summed E-state index contributed by atoms with van der Waals surface area (Å²) in [6.07, 6.45) is 6.73. The SMILES string of the molecule is O=C1CNC(=O)C2(CCCC2)N1Cc1ncccn1. The highest BCUT2D eigenvalue weighted by atomic mass is 16.2. The largest absolute Gasteiger partial charge is 0.345 e. The maximum atomic E-state index is 12.2. The maximum absolute atomic E-state index is 12.2. The predicted octanol–water partition coefficient (Wildman–Crippen LogP) is 0.248. The molecule has 6 nitrogen and oxygen atoms in total. The third-order valence-corrected chi connectivity index (χ3v) is 3.99. The van der Waals surface area contributed by atoms with Gasteiger partial charge in [-0.05, 0) is 18.9 Å². The number of carbonyl (C=O) groups is 2. The molecule has 0 atom stereocenters. The molecule has 1 saturated heterocycles. The van der Waals surface area contributed by atoms with Crippen molar-refractivity contribution >= 4 is 11.8 Å². The molecule has 1 saturated carbocycles. The fourth-order valence-corrected chi connectivity index (χ4v) is 3.03. The minimum atomic E-state index is -0.672. The highest BCUT2D eigenvalue weighted by Crippen LogP contribution is 2.37. The monoisotopic (exact) mass is 260 g/mol. The summed E-state index contributed by atoms with van der Waals surface area (Å²) in [5.41, 5.74) is -0.672. The Kier molecular flexibility index (Phi) is 2.93. The Hall–Kier alpha value is -1.98. The predicted molar refractivity (Wildman–Crippen MR) is 66.8 cm³/mol. The second-order valence-electron chi connectivity index (χ2n) is 5.07. The van der Waals surface area contributed by atoms with E-state index in [9.17, 15) is 9.59 Å². The zero-order valence-corrected chi connectivity index (χ0v) is 10.6. The summed E-state index contributed by atoms with van der Waals surface area (Å²) in [7, 11) is 0. The van der Waals surface area contributed by atoms with Crippen molar-refractivity contribution < 1.29 is 9.59 Å². The van der Waals surface area contributed by atoms with Crippen LogP contribution in [0.25, 0.3) is 0 Å². The summed E-state index contributed by atoms with van der Waals surface area (Å²) in [4.78, 5) is 34.4. The summed E-state index contributed by atoms with van der Waals surface area (Å²) in [6.45, 7) is 0.389. The van der Waals surface area contributed by atoms with Crippen molar-refractivity contribution in [2.75, 3.05) is 6.54 Å². The number of piperazine rings is 1. The van der Waals surface area contributed by atoms with Gasteiger partial charge in [-0.15, -0.1) is 0 Å². The molecule has 0 bridgehead atoms. The van der Waals surface area contributed by atoms with E-state index in [2.05, 4.69) is 15.3 Å². The molecule has 1 aliphatic carbocycles. The lowest BCUT2D eigenvalue weighted by Gasteiger charge is -2.43. The molecule has 2 heterocycles. The maximum Gasteiger partial charge on any atom is 0.246 e. The first kappa shape index (κ1) is 12.1. The fraction of sp³-hybridized carbons (Fsp3) is 0.538. The second kappa shape index (κ2) is 4.60. The Morgan fingerprint density at radius 3 is 2.58 bits per heavy atom. The van der Waals surface area contributed by atoms with Gasteiger partial charge < -0.3 is 10.2 Å². The van der Waals surface area contributed by atoms with Crippen molar-refractivity contribution in [3.63, 3.8) is 0 Å². The van der Waals surface area contributed by atoms with Gasteiger partial charge in [0.25, 0.3) is 0 Å². The Morgan fingerprint density at radius 2 is 1.89 bits per heavy atom. The van der Waals surface area contributed by atoms with Gasteiger partial charge in [0.15, 0.2) is 0 Å². The van der Waals surface area contributed by atoms with E-state index < -0.39 is 5.54 Å². The molecule has 19 heavy (non-hydrogen) atoms. The van der Waals surface area contributed by atoms with E-state index in [0.29, 0.717) is 12.4 Å². The number of nitrogens with one attached hydrogen (secondary N) is 1. The van der Waals surface area contributed by atoms with Crippen molar-refractivity contribution in [3.05, 3.63) is 24.3 Å². The second-order valence-corrected chi connectivity index (χ2v) is 5.07. The van der Waals surface area contributed by atoms with E-state index in [4.69, 9.17) is 0 Å². The van der Waals surface area contributed by atoms with Crippen molar-refractivity contribution in [3.8, 4) is 0 Å². The topological polar surface area (TPSA) is 75.2 Å². The lowest BCUT2D eigenvalue weighted by molar-refractivity contribution is -0.154. The van der Waals surface area contributed by atoms with Gasteiger partial charge in [0, 0.05) is 12.4 Å². The number of hydrogen-bond donors (Lipinski definition) is 1. The molecule has 1 aromatic heterocycles. The van der Waals surface area contributed by atoms with Crippen LogP contribution >= 0.6 is 0 Å². The van der Waals surface area contributed by atoms with Crippen LogP contribution in [0.5, 0.6) is 0 Å². The van der Waals surface area contributed by atoms with E-state index in [1.165, 1.54) is 0 Å². The van der Waals surface area contributed by atoms with E-state index in [1.807, 2.05) is 0 Å². The van der Waals surface area contributed by atoms with Crippen molar-refractivity contribution in [1.82, 2.24) is 20.2 Å². The van der Waals surface area contributed by atoms with Gasteiger partial charge in [0.05, 0.1) is 13.1 Å². The molecule has 2 amide bonds. The third kappa shape index (κ3) is 1.97. The Balaban J connectivity index is 1.91. The normalized spacial score (nSPS) is 21.8. The standard InChI is InChI=1S/C13H16N4O2/c18-11-8-16-12(19)13(4-1-2-5-13)17(11)9-10-14-6-3-7-15-10/h3,6-7H,1-2,4-5,8-9H2,(H,16,19). The molecule has 1 N–H and O–H groups in total. The number of carbonyl (C=O) groups excluding carboxylic acids is 2. The lowest BCUT2D eigenvalue weighted by Crippen LogP contribution is -2.65. The first-order valence-electron chi connectivity index (χ1n) is 6.57. The highest BCUT2D eigenvalue weighted by Gasteiger charge is 2.50. The molecule has 2 fully saturated rings. The van der Waals surface area contributed by atoms with Gasteiger partial charge in [-0.25, -0.2) is 9.97 Å². The van der Waals surface area contributed by atoms with E-state index >= 15 is 0 Å². The van der Waals surface area contributed by atoms with Gasteiger partial charge in [0.1, 0.15) is 11.4 Å². The number of rotatable bonds is 2. The summed E-state index contributed by atoms with van der Waals surface area (Å²) in [5, 5.41) is 2.71. The molecule has 100 valence electrons. The van der Waals surface area contributed by atoms with Crippen LogP contribution in [-0.2, 0) is 16.1 Å². The highest BCUT2D eigenvalue weighted by molar-refractivity contribution is 5.98. The Morgan fingerprint density at radius 1 is 1.21 bits per heavy atom. The molecular formula is C13H16N4O2.